The maximum Gasteiger partial charge on any atom is 0.232 e. The van der Waals surface area contributed by atoms with Gasteiger partial charge in [0.2, 0.25) is 17.6 Å². The van der Waals surface area contributed by atoms with E-state index < -0.39 is 0 Å². The number of aryl methyl sites for hydroxylation is 1. The topological polar surface area (TPSA) is 77.7 Å². The molecule has 28 heavy (non-hydrogen) atoms. The minimum Gasteiger partial charge on any atom is -0.497 e. The number of aromatic nitrogens is 2. The van der Waals surface area contributed by atoms with Crippen LogP contribution in [0.4, 0.5) is 5.69 Å². The smallest absolute Gasteiger partial charge is 0.232 e. The fraction of sp³-hybridized carbons (Fsp3) is 0.286. The third-order valence-corrected chi connectivity index (χ3v) is 4.89. The Kier molecular flexibility index (Phi) is 4.73. The largest absolute Gasteiger partial charge is 0.497 e. The third kappa shape index (κ3) is 3.31. The summed E-state index contributed by atoms with van der Waals surface area (Å²) in [7, 11) is 3.22. The molecule has 0 aliphatic carbocycles. The Morgan fingerprint density at radius 3 is 2.61 bits per heavy atom. The van der Waals surface area contributed by atoms with Gasteiger partial charge in [0, 0.05) is 18.5 Å². The van der Waals surface area contributed by atoms with Gasteiger partial charge < -0.3 is 18.9 Å². The zero-order chi connectivity index (χ0) is 19.7. The molecule has 7 heteroatoms. The van der Waals surface area contributed by atoms with Crippen LogP contribution in [-0.4, -0.2) is 36.8 Å². The van der Waals surface area contributed by atoms with Crippen molar-refractivity contribution in [3.8, 4) is 22.9 Å². The first-order valence-electron chi connectivity index (χ1n) is 9.02. The highest BCUT2D eigenvalue weighted by molar-refractivity contribution is 5.97. The SMILES string of the molecule is COc1ccc(-c2noc(C3CC(=O)N(c4cc(C)ccc4OC)C3)n2)cc1. The highest BCUT2D eigenvalue weighted by Crippen LogP contribution is 2.37. The van der Waals surface area contributed by atoms with E-state index >= 15 is 0 Å². The van der Waals surface area contributed by atoms with E-state index in [2.05, 4.69) is 10.1 Å². The zero-order valence-electron chi connectivity index (χ0n) is 16.0. The molecule has 0 spiro atoms. The lowest BCUT2D eigenvalue weighted by atomic mass is 10.1. The molecule has 0 bridgehead atoms. The Bertz CT molecular complexity index is 997. The van der Waals surface area contributed by atoms with Crippen molar-refractivity contribution < 1.29 is 18.8 Å². The van der Waals surface area contributed by atoms with E-state index in [1.807, 2.05) is 49.4 Å². The quantitative estimate of drug-likeness (QED) is 0.674. The minimum atomic E-state index is -0.155. The number of hydrogen-bond acceptors (Lipinski definition) is 6. The maximum absolute atomic E-state index is 12.7. The van der Waals surface area contributed by atoms with Crippen molar-refractivity contribution in [3.05, 3.63) is 53.9 Å². The van der Waals surface area contributed by atoms with Gasteiger partial charge >= 0.3 is 0 Å². The summed E-state index contributed by atoms with van der Waals surface area (Å²) in [6, 6.07) is 13.2. The van der Waals surface area contributed by atoms with Gasteiger partial charge in [0.25, 0.3) is 0 Å². The molecule has 1 amide bonds. The predicted molar refractivity (Wildman–Crippen MR) is 104 cm³/mol. The molecule has 7 nitrogen and oxygen atoms in total. The van der Waals surface area contributed by atoms with Crippen LogP contribution in [0.5, 0.6) is 11.5 Å². The van der Waals surface area contributed by atoms with Gasteiger partial charge in [-0.2, -0.15) is 4.98 Å². The highest BCUT2D eigenvalue weighted by atomic mass is 16.5. The molecule has 2 heterocycles. The van der Waals surface area contributed by atoms with Crippen LogP contribution in [0.25, 0.3) is 11.4 Å². The van der Waals surface area contributed by atoms with E-state index in [1.54, 1.807) is 19.1 Å². The molecule has 0 saturated carbocycles. The second-order valence-electron chi connectivity index (χ2n) is 6.77. The third-order valence-electron chi connectivity index (χ3n) is 4.89. The molecule has 1 fully saturated rings. The van der Waals surface area contributed by atoms with Crippen molar-refractivity contribution in [3.63, 3.8) is 0 Å². The number of amides is 1. The van der Waals surface area contributed by atoms with Crippen LogP contribution >= 0.6 is 0 Å². The van der Waals surface area contributed by atoms with Crippen LogP contribution < -0.4 is 14.4 Å². The lowest BCUT2D eigenvalue weighted by Gasteiger charge is -2.19. The van der Waals surface area contributed by atoms with Gasteiger partial charge in [-0.15, -0.1) is 0 Å². The lowest BCUT2D eigenvalue weighted by Crippen LogP contribution is -2.25. The first-order valence-corrected chi connectivity index (χ1v) is 9.02. The summed E-state index contributed by atoms with van der Waals surface area (Å²) in [5.41, 5.74) is 2.66. The monoisotopic (exact) mass is 379 g/mol. The maximum atomic E-state index is 12.7. The van der Waals surface area contributed by atoms with Crippen LogP contribution in [0.2, 0.25) is 0 Å². The fourth-order valence-corrected chi connectivity index (χ4v) is 3.38. The summed E-state index contributed by atoms with van der Waals surface area (Å²) in [6.45, 7) is 2.46. The lowest BCUT2D eigenvalue weighted by molar-refractivity contribution is -0.117. The first kappa shape index (κ1) is 18.0. The molecular weight excluding hydrogens is 358 g/mol. The summed E-state index contributed by atoms with van der Waals surface area (Å²) >= 11 is 0. The first-order chi connectivity index (χ1) is 13.6. The summed E-state index contributed by atoms with van der Waals surface area (Å²) in [6.07, 6.45) is 0.321. The molecule has 0 radical (unpaired) electrons. The van der Waals surface area contributed by atoms with Crippen molar-refractivity contribution in [1.82, 2.24) is 10.1 Å². The van der Waals surface area contributed by atoms with E-state index in [4.69, 9.17) is 14.0 Å². The van der Waals surface area contributed by atoms with Gasteiger partial charge in [0.15, 0.2) is 0 Å². The molecule has 144 valence electrons. The number of benzene rings is 2. The number of rotatable bonds is 5. The molecule has 4 rings (SSSR count). The Morgan fingerprint density at radius 1 is 1.11 bits per heavy atom. The highest BCUT2D eigenvalue weighted by Gasteiger charge is 2.36. The van der Waals surface area contributed by atoms with Gasteiger partial charge in [-0.3, -0.25) is 4.79 Å². The summed E-state index contributed by atoms with van der Waals surface area (Å²) in [4.78, 5) is 18.9. The van der Waals surface area contributed by atoms with E-state index in [-0.39, 0.29) is 11.8 Å². The van der Waals surface area contributed by atoms with Crippen LogP contribution in [-0.2, 0) is 4.79 Å². The number of anilines is 1. The van der Waals surface area contributed by atoms with Crippen molar-refractivity contribution in [1.29, 1.82) is 0 Å². The number of nitrogens with zero attached hydrogens (tertiary/aromatic N) is 3. The van der Waals surface area contributed by atoms with Gasteiger partial charge in [0.05, 0.1) is 25.8 Å². The standard InChI is InChI=1S/C21H21N3O4/c1-13-4-9-18(27-3)17(10-13)24-12-15(11-19(24)25)21-22-20(23-28-21)14-5-7-16(26-2)8-6-14/h4-10,15H,11-12H2,1-3H3. The summed E-state index contributed by atoms with van der Waals surface area (Å²) in [5, 5.41) is 4.08. The Balaban J connectivity index is 1.56. The van der Waals surface area contributed by atoms with Crippen molar-refractivity contribution in [2.45, 2.75) is 19.3 Å². The van der Waals surface area contributed by atoms with E-state index in [0.29, 0.717) is 30.4 Å². The van der Waals surface area contributed by atoms with Gasteiger partial charge in [0.1, 0.15) is 11.5 Å². The Labute approximate surface area is 162 Å². The average molecular weight is 379 g/mol. The molecule has 0 N–H and O–H groups in total. The van der Waals surface area contributed by atoms with Crippen molar-refractivity contribution in [2.24, 2.45) is 0 Å². The number of methoxy groups -OCH3 is 2. The van der Waals surface area contributed by atoms with Crippen molar-refractivity contribution >= 4 is 11.6 Å². The molecule has 1 unspecified atom stereocenters. The number of carbonyl (C=O) groups is 1. The molecule has 1 aliphatic heterocycles. The minimum absolute atomic E-state index is 0.0121. The number of carbonyl (C=O) groups excluding carboxylic acids is 1. The second kappa shape index (κ2) is 7.34. The van der Waals surface area contributed by atoms with Crippen LogP contribution in [0, 0.1) is 6.92 Å². The van der Waals surface area contributed by atoms with Crippen LogP contribution in [0.15, 0.2) is 47.0 Å². The fourth-order valence-electron chi connectivity index (χ4n) is 3.38. The molecule has 1 atom stereocenters. The Morgan fingerprint density at radius 2 is 1.89 bits per heavy atom. The predicted octanol–water partition coefficient (Wildman–Crippen LogP) is 3.58. The molecule has 3 aromatic rings. The van der Waals surface area contributed by atoms with Crippen LogP contribution in [0.3, 0.4) is 0 Å². The normalized spacial score (nSPS) is 16.5. The molecule has 1 saturated heterocycles. The van der Waals surface area contributed by atoms with Crippen LogP contribution in [0.1, 0.15) is 23.8 Å². The Hall–Kier alpha value is -3.35. The summed E-state index contributed by atoms with van der Waals surface area (Å²) < 4.78 is 16.1. The number of ether oxygens (including phenoxy) is 2. The van der Waals surface area contributed by atoms with E-state index in [9.17, 15) is 4.79 Å². The summed E-state index contributed by atoms with van der Waals surface area (Å²) in [5.74, 6) is 2.25. The average Bonchev–Trinajstić information content (AvgIpc) is 3.35. The van der Waals surface area contributed by atoms with Gasteiger partial charge in [-0.05, 0) is 48.9 Å². The van der Waals surface area contributed by atoms with Gasteiger partial charge in [-0.1, -0.05) is 11.2 Å². The zero-order valence-corrected chi connectivity index (χ0v) is 16.0. The van der Waals surface area contributed by atoms with Gasteiger partial charge in [-0.25, -0.2) is 0 Å². The molecule has 1 aliphatic rings. The van der Waals surface area contributed by atoms with Crippen molar-refractivity contribution in [2.75, 3.05) is 25.7 Å². The molecule has 2 aromatic carbocycles. The molecule has 1 aromatic heterocycles. The second-order valence-corrected chi connectivity index (χ2v) is 6.77. The number of hydrogen-bond donors (Lipinski definition) is 0. The van der Waals surface area contributed by atoms with E-state index in [0.717, 1.165) is 22.6 Å². The van der Waals surface area contributed by atoms with E-state index in [1.165, 1.54) is 0 Å². The molecular formula is C21H21N3O4.